The van der Waals surface area contributed by atoms with Crippen LogP contribution in [0.25, 0.3) is 0 Å². The summed E-state index contributed by atoms with van der Waals surface area (Å²) in [5.74, 6) is -0.256. The van der Waals surface area contributed by atoms with Crippen LogP contribution in [-0.2, 0) is 11.3 Å². The molecule has 1 saturated heterocycles. The van der Waals surface area contributed by atoms with Crippen LogP contribution in [0.1, 0.15) is 34.5 Å². The molecule has 0 aliphatic carbocycles. The first-order valence-electron chi connectivity index (χ1n) is 8.06. The van der Waals surface area contributed by atoms with Crippen LogP contribution >= 0.6 is 23.4 Å². The molecule has 3 rings (SSSR count). The molecule has 2 aromatic carbocycles. The Kier molecular flexibility index (Phi) is 5.64. The van der Waals surface area contributed by atoms with Crippen molar-refractivity contribution in [2.75, 3.05) is 5.75 Å². The van der Waals surface area contributed by atoms with Gasteiger partial charge in [-0.15, -0.1) is 0 Å². The molecule has 0 saturated carbocycles. The molecule has 1 aliphatic rings. The van der Waals surface area contributed by atoms with E-state index in [1.54, 1.807) is 30.3 Å². The van der Waals surface area contributed by atoms with Crippen LogP contribution in [-0.4, -0.2) is 27.7 Å². The van der Waals surface area contributed by atoms with Crippen molar-refractivity contribution in [2.45, 2.75) is 19.5 Å². The topological polar surface area (TPSA) is 66.5 Å². The van der Waals surface area contributed by atoms with Gasteiger partial charge in [-0.3, -0.25) is 19.3 Å². The van der Waals surface area contributed by atoms with Crippen molar-refractivity contribution in [3.63, 3.8) is 0 Å². The van der Waals surface area contributed by atoms with E-state index in [9.17, 15) is 14.4 Å². The summed E-state index contributed by atoms with van der Waals surface area (Å²) in [6, 6.07) is 14.1. The first-order chi connectivity index (χ1) is 12.4. The molecule has 0 spiro atoms. The van der Waals surface area contributed by atoms with Gasteiger partial charge in [0.25, 0.3) is 11.1 Å². The van der Waals surface area contributed by atoms with Gasteiger partial charge in [0.2, 0.25) is 5.91 Å². The maximum atomic E-state index is 12.5. The minimum atomic E-state index is -0.251. The third-order valence-electron chi connectivity index (χ3n) is 4.07. The van der Waals surface area contributed by atoms with Crippen LogP contribution in [0, 0.1) is 0 Å². The Bertz CT molecular complexity index is 855. The van der Waals surface area contributed by atoms with Gasteiger partial charge in [0.05, 0.1) is 18.3 Å². The third kappa shape index (κ3) is 4.26. The van der Waals surface area contributed by atoms with Gasteiger partial charge in [0, 0.05) is 10.6 Å². The van der Waals surface area contributed by atoms with Crippen LogP contribution in [0.4, 0.5) is 4.79 Å². The fourth-order valence-electron chi connectivity index (χ4n) is 2.67. The predicted molar refractivity (Wildman–Crippen MR) is 102 cm³/mol. The highest BCUT2D eigenvalue weighted by Crippen LogP contribution is 2.22. The zero-order valence-corrected chi connectivity index (χ0v) is 15.6. The molecule has 0 radical (unpaired) electrons. The van der Waals surface area contributed by atoms with Gasteiger partial charge in [-0.25, -0.2) is 0 Å². The average molecular weight is 389 g/mol. The molecular weight excluding hydrogens is 372 g/mol. The summed E-state index contributed by atoms with van der Waals surface area (Å²) in [4.78, 5) is 37.2. The number of carbonyl (C=O) groups excluding carboxylic acids is 3. The molecule has 1 aliphatic heterocycles. The standard InChI is InChI=1S/C19H17ClN2O3S/c1-12(14-5-3-7-16(20)9-14)21-18(24)15-6-2-4-13(8-15)10-22-17(23)11-26-19(22)25/h2-9,12H,10-11H2,1H3,(H,21,24). The number of imide groups is 1. The number of amides is 3. The smallest absolute Gasteiger partial charge is 0.289 e. The van der Waals surface area contributed by atoms with Crippen LogP contribution in [0.15, 0.2) is 48.5 Å². The Hall–Kier alpha value is -2.31. The zero-order valence-electron chi connectivity index (χ0n) is 14.1. The number of hydrogen-bond donors (Lipinski definition) is 1. The molecule has 0 bridgehead atoms. The Balaban J connectivity index is 1.70. The van der Waals surface area contributed by atoms with Crippen molar-refractivity contribution in [2.24, 2.45) is 0 Å². The van der Waals surface area contributed by atoms with E-state index in [4.69, 9.17) is 11.6 Å². The second kappa shape index (κ2) is 7.93. The summed E-state index contributed by atoms with van der Waals surface area (Å²) in [7, 11) is 0. The highest BCUT2D eigenvalue weighted by Gasteiger charge is 2.29. The first-order valence-corrected chi connectivity index (χ1v) is 9.43. The lowest BCUT2D eigenvalue weighted by atomic mass is 10.1. The van der Waals surface area contributed by atoms with Crippen LogP contribution in [0.3, 0.4) is 0 Å². The summed E-state index contributed by atoms with van der Waals surface area (Å²) in [5.41, 5.74) is 2.12. The third-order valence-corrected chi connectivity index (χ3v) is 5.16. The molecule has 134 valence electrons. The van der Waals surface area contributed by atoms with E-state index in [2.05, 4.69) is 5.32 Å². The number of nitrogens with zero attached hydrogens (tertiary/aromatic N) is 1. The molecule has 7 heteroatoms. The van der Waals surface area contributed by atoms with Gasteiger partial charge in [-0.2, -0.15) is 0 Å². The Morgan fingerprint density at radius 1 is 1.23 bits per heavy atom. The minimum Gasteiger partial charge on any atom is -0.346 e. The lowest BCUT2D eigenvalue weighted by Gasteiger charge is -2.16. The van der Waals surface area contributed by atoms with E-state index >= 15 is 0 Å². The van der Waals surface area contributed by atoms with E-state index in [1.807, 2.05) is 25.1 Å². The van der Waals surface area contributed by atoms with Crippen LogP contribution in [0.2, 0.25) is 5.02 Å². The molecule has 1 unspecified atom stereocenters. The number of thioether (sulfide) groups is 1. The van der Waals surface area contributed by atoms with E-state index in [-0.39, 0.29) is 35.4 Å². The summed E-state index contributed by atoms with van der Waals surface area (Å²) in [6.45, 7) is 2.06. The van der Waals surface area contributed by atoms with E-state index in [0.717, 1.165) is 22.9 Å². The second-order valence-corrected chi connectivity index (χ2v) is 7.35. The number of benzene rings is 2. The summed E-state index contributed by atoms with van der Waals surface area (Å²) in [6.07, 6.45) is 0. The predicted octanol–water partition coefficient (Wildman–Crippen LogP) is 4.03. The SMILES string of the molecule is CC(NC(=O)c1cccc(CN2C(=O)CSC2=O)c1)c1cccc(Cl)c1. The monoisotopic (exact) mass is 388 g/mol. The number of hydrogen-bond acceptors (Lipinski definition) is 4. The quantitative estimate of drug-likeness (QED) is 0.839. The highest BCUT2D eigenvalue weighted by molar-refractivity contribution is 8.14. The molecule has 5 nitrogen and oxygen atoms in total. The molecule has 3 amide bonds. The van der Waals surface area contributed by atoms with Crippen molar-refractivity contribution < 1.29 is 14.4 Å². The Labute approximate surface area is 160 Å². The van der Waals surface area contributed by atoms with Gasteiger partial charge in [0.15, 0.2) is 0 Å². The molecule has 0 aromatic heterocycles. The largest absolute Gasteiger partial charge is 0.346 e. The molecular formula is C19H17ClN2O3S. The molecule has 1 N–H and O–H groups in total. The van der Waals surface area contributed by atoms with E-state index in [1.165, 1.54) is 4.90 Å². The van der Waals surface area contributed by atoms with Crippen molar-refractivity contribution in [1.82, 2.24) is 10.2 Å². The zero-order chi connectivity index (χ0) is 18.7. The summed E-state index contributed by atoms with van der Waals surface area (Å²) in [5, 5.41) is 3.29. The summed E-state index contributed by atoms with van der Waals surface area (Å²) < 4.78 is 0. The maximum Gasteiger partial charge on any atom is 0.289 e. The van der Waals surface area contributed by atoms with Gasteiger partial charge in [0.1, 0.15) is 0 Å². The molecule has 2 aromatic rings. The van der Waals surface area contributed by atoms with Crippen molar-refractivity contribution in [3.8, 4) is 0 Å². The number of rotatable bonds is 5. The second-order valence-electron chi connectivity index (χ2n) is 5.98. The average Bonchev–Trinajstić information content (AvgIpc) is 2.94. The van der Waals surface area contributed by atoms with Crippen LogP contribution in [0.5, 0.6) is 0 Å². The number of nitrogens with one attached hydrogen (secondary N) is 1. The van der Waals surface area contributed by atoms with Crippen molar-refractivity contribution in [3.05, 3.63) is 70.2 Å². The Morgan fingerprint density at radius 3 is 2.69 bits per heavy atom. The van der Waals surface area contributed by atoms with Gasteiger partial charge >= 0.3 is 0 Å². The maximum absolute atomic E-state index is 12.5. The fourth-order valence-corrected chi connectivity index (χ4v) is 3.59. The Morgan fingerprint density at radius 2 is 2.00 bits per heavy atom. The molecule has 1 heterocycles. The number of halogens is 1. The molecule has 1 fully saturated rings. The highest BCUT2D eigenvalue weighted by atomic mass is 35.5. The van der Waals surface area contributed by atoms with Crippen molar-refractivity contribution in [1.29, 1.82) is 0 Å². The van der Waals surface area contributed by atoms with Gasteiger partial charge in [-0.05, 0) is 42.3 Å². The molecule has 1 atom stereocenters. The lowest BCUT2D eigenvalue weighted by Crippen LogP contribution is -2.29. The van der Waals surface area contributed by atoms with E-state index in [0.29, 0.717) is 10.6 Å². The van der Waals surface area contributed by atoms with Gasteiger partial charge in [-0.1, -0.05) is 47.6 Å². The summed E-state index contributed by atoms with van der Waals surface area (Å²) >= 11 is 6.99. The normalized spacial score (nSPS) is 15.2. The molecule has 26 heavy (non-hydrogen) atoms. The van der Waals surface area contributed by atoms with Crippen molar-refractivity contribution >= 4 is 40.4 Å². The van der Waals surface area contributed by atoms with Gasteiger partial charge < -0.3 is 5.32 Å². The fraction of sp³-hybridized carbons (Fsp3) is 0.211. The first kappa shape index (κ1) is 18.5. The van der Waals surface area contributed by atoms with E-state index < -0.39 is 0 Å². The minimum absolute atomic E-state index is 0.176. The number of carbonyl (C=O) groups is 3. The lowest BCUT2D eigenvalue weighted by molar-refractivity contribution is -0.125. The van der Waals surface area contributed by atoms with Crippen LogP contribution < -0.4 is 5.32 Å².